The molecular weight excluding hydrogens is 283 g/mol. The number of imide groups is 1. The largest absolute Gasteiger partial charge is 0.390 e. The van der Waals surface area contributed by atoms with Crippen LogP contribution in [0.1, 0.15) is 42.6 Å². The van der Waals surface area contributed by atoms with E-state index in [2.05, 4.69) is 0 Å². The molecule has 0 spiro atoms. The number of alkyl halides is 3. The van der Waals surface area contributed by atoms with Gasteiger partial charge in [0, 0.05) is 12.1 Å². The maximum atomic E-state index is 12.9. The number of hydrogen-bond donors (Lipinski definition) is 0. The lowest BCUT2D eigenvalue weighted by Gasteiger charge is -2.40. The molecule has 21 heavy (non-hydrogen) atoms. The third kappa shape index (κ3) is 2.66. The topological polar surface area (TPSA) is 37.4 Å². The third-order valence-corrected chi connectivity index (χ3v) is 3.72. The summed E-state index contributed by atoms with van der Waals surface area (Å²) in [6.45, 7) is 3.15. The lowest BCUT2D eigenvalue weighted by Crippen LogP contribution is -2.54. The molecule has 2 rings (SSSR count). The Bertz CT molecular complexity index is 583. The van der Waals surface area contributed by atoms with Crippen molar-refractivity contribution in [2.24, 2.45) is 0 Å². The highest BCUT2D eigenvalue weighted by atomic mass is 19.4. The van der Waals surface area contributed by atoms with E-state index in [0.717, 1.165) is 4.90 Å². The van der Waals surface area contributed by atoms with E-state index in [4.69, 9.17) is 0 Å². The molecule has 6 heteroatoms. The van der Waals surface area contributed by atoms with Crippen molar-refractivity contribution >= 4 is 11.8 Å². The van der Waals surface area contributed by atoms with Gasteiger partial charge < -0.3 is 0 Å². The molecule has 114 valence electrons. The predicted octanol–water partition coefficient (Wildman–Crippen LogP) is 3.29. The Morgan fingerprint density at radius 3 is 2.38 bits per heavy atom. The number of benzene rings is 1. The zero-order valence-corrected chi connectivity index (χ0v) is 11.8. The van der Waals surface area contributed by atoms with E-state index in [-0.39, 0.29) is 17.7 Å². The van der Waals surface area contributed by atoms with Gasteiger partial charge in [-0.3, -0.25) is 14.5 Å². The molecule has 0 N–H and O–H groups in total. The maximum absolute atomic E-state index is 12.9. The quantitative estimate of drug-likeness (QED) is 0.803. The summed E-state index contributed by atoms with van der Waals surface area (Å²) in [5.74, 6) is -1.29. The molecule has 1 aromatic carbocycles. The SMILES string of the molecule is CCCN1C(=O)c2ccccc2C(C)(CC(F)(F)F)C1=O. The summed E-state index contributed by atoms with van der Waals surface area (Å²) in [4.78, 5) is 25.7. The number of rotatable bonds is 3. The number of amides is 2. The molecule has 1 heterocycles. The first-order valence-corrected chi connectivity index (χ1v) is 6.73. The van der Waals surface area contributed by atoms with Gasteiger partial charge in [-0.2, -0.15) is 13.2 Å². The van der Waals surface area contributed by atoms with Crippen molar-refractivity contribution in [3.8, 4) is 0 Å². The molecule has 1 aliphatic rings. The van der Waals surface area contributed by atoms with Crippen LogP contribution in [-0.4, -0.2) is 29.4 Å². The predicted molar refractivity (Wildman–Crippen MR) is 70.8 cm³/mol. The van der Waals surface area contributed by atoms with E-state index < -0.39 is 29.8 Å². The van der Waals surface area contributed by atoms with Gasteiger partial charge in [0.1, 0.15) is 0 Å². The normalized spacial score (nSPS) is 22.4. The second-order valence-electron chi connectivity index (χ2n) is 5.43. The number of halogens is 3. The van der Waals surface area contributed by atoms with E-state index in [0.29, 0.717) is 6.42 Å². The van der Waals surface area contributed by atoms with Gasteiger partial charge in [-0.1, -0.05) is 25.1 Å². The van der Waals surface area contributed by atoms with Crippen LogP contribution in [0.25, 0.3) is 0 Å². The minimum Gasteiger partial charge on any atom is -0.278 e. The molecular formula is C15H16F3NO2. The van der Waals surface area contributed by atoms with E-state index in [1.165, 1.54) is 19.1 Å². The van der Waals surface area contributed by atoms with Crippen LogP contribution in [-0.2, 0) is 10.2 Å². The van der Waals surface area contributed by atoms with Gasteiger partial charge in [0.05, 0.1) is 11.8 Å². The van der Waals surface area contributed by atoms with Crippen LogP contribution < -0.4 is 0 Å². The van der Waals surface area contributed by atoms with Gasteiger partial charge in [-0.15, -0.1) is 0 Å². The van der Waals surface area contributed by atoms with Crippen molar-refractivity contribution in [1.29, 1.82) is 0 Å². The highest BCUT2D eigenvalue weighted by molar-refractivity contribution is 6.13. The zero-order valence-electron chi connectivity index (χ0n) is 11.8. The average molecular weight is 299 g/mol. The fourth-order valence-corrected chi connectivity index (χ4v) is 2.80. The fourth-order valence-electron chi connectivity index (χ4n) is 2.80. The standard InChI is InChI=1S/C15H16F3NO2/c1-3-8-19-12(20)10-6-4-5-7-11(10)14(2,13(19)21)9-15(16,17)18/h4-7H,3,8-9H2,1-2H3. The Kier molecular flexibility index (Phi) is 3.82. The van der Waals surface area contributed by atoms with Crippen molar-refractivity contribution in [3.63, 3.8) is 0 Å². The summed E-state index contributed by atoms with van der Waals surface area (Å²) >= 11 is 0. The van der Waals surface area contributed by atoms with Crippen molar-refractivity contribution < 1.29 is 22.8 Å². The number of carbonyl (C=O) groups is 2. The highest BCUT2D eigenvalue weighted by Crippen LogP contribution is 2.42. The summed E-state index contributed by atoms with van der Waals surface area (Å²) in [5, 5.41) is 0. The van der Waals surface area contributed by atoms with Crippen LogP contribution in [0.5, 0.6) is 0 Å². The van der Waals surface area contributed by atoms with Gasteiger partial charge in [0.25, 0.3) is 5.91 Å². The summed E-state index contributed by atoms with van der Waals surface area (Å²) in [6.07, 6.45) is -5.26. The molecule has 0 aliphatic carbocycles. The Morgan fingerprint density at radius 2 is 1.81 bits per heavy atom. The first-order chi connectivity index (χ1) is 9.70. The lowest BCUT2D eigenvalue weighted by atomic mass is 9.73. The highest BCUT2D eigenvalue weighted by Gasteiger charge is 2.52. The number of nitrogens with zero attached hydrogens (tertiary/aromatic N) is 1. The molecule has 0 radical (unpaired) electrons. The number of hydrogen-bond acceptors (Lipinski definition) is 2. The van der Waals surface area contributed by atoms with Gasteiger partial charge in [-0.05, 0) is 25.0 Å². The van der Waals surface area contributed by atoms with Gasteiger partial charge in [0.2, 0.25) is 5.91 Å². The number of fused-ring (bicyclic) bond motifs is 1. The first kappa shape index (κ1) is 15.5. The van der Waals surface area contributed by atoms with Crippen LogP contribution >= 0.6 is 0 Å². The van der Waals surface area contributed by atoms with Crippen LogP contribution in [0.2, 0.25) is 0 Å². The van der Waals surface area contributed by atoms with E-state index >= 15 is 0 Å². The second-order valence-corrected chi connectivity index (χ2v) is 5.43. The Balaban J connectivity index is 2.60. The molecule has 1 atom stereocenters. The van der Waals surface area contributed by atoms with Crippen LogP contribution in [0.4, 0.5) is 13.2 Å². The molecule has 0 bridgehead atoms. The monoisotopic (exact) mass is 299 g/mol. The molecule has 0 fully saturated rings. The Hall–Kier alpha value is -1.85. The van der Waals surface area contributed by atoms with Gasteiger partial charge in [0.15, 0.2) is 0 Å². The molecule has 1 aliphatic heterocycles. The summed E-state index contributed by atoms with van der Waals surface area (Å²) in [6, 6.07) is 6.04. The smallest absolute Gasteiger partial charge is 0.278 e. The third-order valence-electron chi connectivity index (χ3n) is 3.72. The van der Waals surface area contributed by atoms with Gasteiger partial charge in [-0.25, -0.2) is 0 Å². The Morgan fingerprint density at radius 1 is 1.19 bits per heavy atom. The zero-order chi connectivity index (χ0) is 15.8. The maximum Gasteiger partial charge on any atom is 0.390 e. The number of carbonyl (C=O) groups excluding carboxylic acids is 2. The molecule has 2 amide bonds. The summed E-state index contributed by atoms with van der Waals surface area (Å²) in [5.41, 5.74) is -1.42. The van der Waals surface area contributed by atoms with E-state index in [9.17, 15) is 22.8 Å². The van der Waals surface area contributed by atoms with Crippen molar-refractivity contribution in [2.75, 3.05) is 6.54 Å². The molecule has 0 saturated heterocycles. The molecule has 0 saturated carbocycles. The second kappa shape index (κ2) is 5.16. The van der Waals surface area contributed by atoms with Crippen molar-refractivity contribution in [2.45, 2.75) is 38.3 Å². The summed E-state index contributed by atoms with van der Waals surface area (Å²) in [7, 11) is 0. The van der Waals surface area contributed by atoms with E-state index in [1.807, 2.05) is 0 Å². The summed E-state index contributed by atoms with van der Waals surface area (Å²) < 4.78 is 38.7. The molecule has 1 unspecified atom stereocenters. The lowest BCUT2D eigenvalue weighted by molar-refractivity contribution is -0.162. The fraction of sp³-hybridized carbons (Fsp3) is 0.467. The minimum atomic E-state index is -4.49. The minimum absolute atomic E-state index is 0.124. The molecule has 3 nitrogen and oxygen atoms in total. The van der Waals surface area contributed by atoms with Gasteiger partial charge >= 0.3 is 6.18 Å². The average Bonchev–Trinajstić information content (AvgIpc) is 2.40. The van der Waals surface area contributed by atoms with Crippen LogP contribution in [0.15, 0.2) is 24.3 Å². The van der Waals surface area contributed by atoms with Crippen LogP contribution in [0.3, 0.4) is 0 Å². The van der Waals surface area contributed by atoms with Crippen molar-refractivity contribution in [1.82, 2.24) is 4.90 Å². The Labute approximate surface area is 120 Å². The van der Waals surface area contributed by atoms with E-state index in [1.54, 1.807) is 19.1 Å². The molecule has 1 aromatic rings. The van der Waals surface area contributed by atoms with Crippen LogP contribution in [0, 0.1) is 0 Å². The molecule has 0 aromatic heterocycles. The van der Waals surface area contributed by atoms with Crippen molar-refractivity contribution in [3.05, 3.63) is 35.4 Å². The first-order valence-electron chi connectivity index (χ1n) is 6.73.